The van der Waals surface area contributed by atoms with Gasteiger partial charge in [-0.25, -0.2) is 0 Å². The van der Waals surface area contributed by atoms with Gasteiger partial charge in [-0.15, -0.1) is 0 Å². The van der Waals surface area contributed by atoms with Crippen LogP contribution in [-0.4, -0.2) is 7.11 Å². The van der Waals surface area contributed by atoms with Gasteiger partial charge in [-0.05, 0) is 23.3 Å². The Hall–Kier alpha value is -2.27. The highest BCUT2D eigenvalue weighted by molar-refractivity contribution is 5.67. The Morgan fingerprint density at radius 2 is 1.75 bits per heavy atom. The monoisotopic (exact) mass is 209 g/mol. The number of methoxy groups -OCH3 is 1. The molecule has 0 aliphatic heterocycles. The topological polar surface area (TPSA) is 33.0 Å². The molecule has 0 bridgehead atoms. The predicted octanol–water partition coefficient (Wildman–Crippen LogP) is 3.23. The first-order valence-corrected chi connectivity index (χ1v) is 4.98. The second-order valence-electron chi connectivity index (χ2n) is 3.39. The van der Waals surface area contributed by atoms with Gasteiger partial charge in [0, 0.05) is 0 Å². The average Bonchev–Trinajstić information content (AvgIpc) is 2.39. The van der Waals surface area contributed by atoms with Crippen LogP contribution in [0.2, 0.25) is 0 Å². The minimum atomic E-state index is 0.559. The standard InChI is InChI=1S/C14H11NO/c1-16-14-8-7-12(9-13(14)10-15)11-5-3-2-4-6-11/h2-9H,1H3. The van der Waals surface area contributed by atoms with Crippen LogP contribution in [0.3, 0.4) is 0 Å². The Balaban J connectivity index is 2.49. The van der Waals surface area contributed by atoms with E-state index in [4.69, 9.17) is 10.00 Å². The van der Waals surface area contributed by atoms with Crippen molar-refractivity contribution in [2.24, 2.45) is 0 Å². The summed E-state index contributed by atoms with van der Waals surface area (Å²) in [6, 6.07) is 17.7. The molecule has 0 N–H and O–H groups in total. The van der Waals surface area contributed by atoms with Crippen molar-refractivity contribution in [3.05, 3.63) is 54.1 Å². The molecule has 2 nitrogen and oxygen atoms in total. The maximum absolute atomic E-state index is 8.99. The minimum Gasteiger partial charge on any atom is -0.495 e. The van der Waals surface area contributed by atoms with E-state index in [0.717, 1.165) is 11.1 Å². The third kappa shape index (κ3) is 1.89. The van der Waals surface area contributed by atoms with Crippen LogP contribution in [-0.2, 0) is 0 Å². The molecule has 2 heteroatoms. The van der Waals surface area contributed by atoms with Gasteiger partial charge in [-0.2, -0.15) is 5.26 Å². The number of ether oxygens (including phenoxy) is 1. The average molecular weight is 209 g/mol. The van der Waals surface area contributed by atoms with Gasteiger partial charge in [0.25, 0.3) is 0 Å². The highest BCUT2D eigenvalue weighted by Gasteiger charge is 2.04. The molecule has 0 saturated carbocycles. The van der Waals surface area contributed by atoms with E-state index in [1.54, 1.807) is 7.11 Å². The van der Waals surface area contributed by atoms with E-state index in [2.05, 4.69) is 6.07 Å². The molecule has 16 heavy (non-hydrogen) atoms. The fourth-order valence-corrected chi connectivity index (χ4v) is 1.61. The lowest BCUT2D eigenvalue weighted by atomic mass is 10.0. The molecule has 78 valence electrons. The molecule has 0 unspecified atom stereocenters. The smallest absolute Gasteiger partial charge is 0.136 e. The van der Waals surface area contributed by atoms with Crippen LogP contribution in [0.4, 0.5) is 0 Å². The second-order valence-corrected chi connectivity index (χ2v) is 3.39. The molecule has 0 fully saturated rings. The molecule has 0 radical (unpaired) electrons. The zero-order valence-electron chi connectivity index (χ0n) is 8.97. The highest BCUT2D eigenvalue weighted by Crippen LogP contribution is 2.25. The summed E-state index contributed by atoms with van der Waals surface area (Å²) in [5.41, 5.74) is 2.68. The maximum Gasteiger partial charge on any atom is 0.136 e. The zero-order chi connectivity index (χ0) is 11.4. The van der Waals surface area contributed by atoms with E-state index in [-0.39, 0.29) is 0 Å². The fraction of sp³-hybridized carbons (Fsp3) is 0.0714. The summed E-state index contributed by atoms with van der Waals surface area (Å²) in [6.07, 6.45) is 0. The van der Waals surface area contributed by atoms with Gasteiger partial charge in [0.05, 0.1) is 12.7 Å². The minimum absolute atomic E-state index is 0.559. The molecule has 0 spiro atoms. The fourth-order valence-electron chi connectivity index (χ4n) is 1.61. The Morgan fingerprint density at radius 3 is 2.38 bits per heavy atom. The predicted molar refractivity (Wildman–Crippen MR) is 63.1 cm³/mol. The van der Waals surface area contributed by atoms with Crippen LogP contribution in [0.1, 0.15) is 5.56 Å². The van der Waals surface area contributed by atoms with Crippen molar-refractivity contribution < 1.29 is 4.74 Å². The Morgan fingerprint density at radius 1 is 1.00 bits per heavy atom. The van der Waals surface area contributed by atoms with Crippen molar-refractivity contribution >= 4 is 0 Å². The molecule has 0 saturated heterocycles. The lowest BCUT2D eigenvalue weighted by molar-refractivity contribution is 0.413. The van der Waals surface area contributed by atoms with Crippen molar-refractivity contribution in [3.8, 4) is 22.9 Å². The van der Waals surface area contributed by atoms with Gasteiger partial charge in [0.1, 0.15) is 11.8 Å². The summed E-state index contributed by atoms with van der Waals surface area (Å²) in [6.45, 7) is 0. The summed E-state index contributed by atoms with van der Waals surface area (Å²) >= 11 is 0. The number of hydrogen-bond donors (Lipinski definition) is 0. The molecule has 0 aromatic heterocycles. The first-order chi connectivity index (χ1) is 7.85. The van der Waals surface area contributed by atoms with E-state index in [1.165, 1.54) is 0 Å². The van der Waals surface area contributed by atoms with Crippen LogP contribution in [0.5, 0.6) is 5.75 Å². The summed E-state index contributed by atoms with van der Waals surface area (Å²) in [4.78, 5) is 0. The van der Waals surface area contributed by atoms with Crippen molar-refractivity contribution in [1.82, 2.24) is 0 Å². The lowest BCUT2D eigenvalue weighted by Gasteiger charge is -2.05. The summed E-state index contributed by atoms with van der Waals surface area (Å²) in [5, 5.41) is 8.99. The Labute approximate surface area is 94.7 Å². The second kappa shape index (κ2) is 4.50. The molecular weight excluding hydrogens is 198 g/mol. The molecule has 2 aromatic rings. The normalized spacial score (nSPS) is 9.50. The molecular formula is C14H11NO. The molecule has 2 aromatic carbocycles. The lowest BCUT2D eigenvalue weighted by Crippen LogP contribution is -1.88. The molecule has 0 heterocycles. The van der Waals surface area contributed by atoms with Gasteiger partial charge < -0.3 is 4.74 Å². The summed E-state index contributed by atoms with van der Waals surface area (Å²) in [7, 11) is 1.57. The van der Waals surface area contributed by atoms with Gasteiger partial charge in [-0.3, -0.25) is 0 Å². The van der Waals surface area contributed by atoms with E-state index in [9.17, 15) is 0 Å². The van der Waals surface area contributed by atoms with Gasteiger partial charge >= 0.3 is 0 Å². The van der Waals surface area contributed by atoms with Gasteiger partial charge in [0.2, 0.25) is 0 Å². The molecule has 0 amide bonds. The molecule has 0 atom stereocenters. The van der Waals surface area contributed by atoms with E-state index in [1.807, 2.05) is 48.5 Å². The Bertz CT molecular complexity index is 526. The maximum atomic E-state index is 8.99. The largest absolute Gasteiger partial charge is 0.495 e. The van der Waals surface area contributed by atoms with E-state index < -0.39 is 0 Å². The van der Waals surface area contributed by atoms with Crippen LogP contribution in [0.15, 0.2) is 48.5 Å². The van der Waals surface area contributed by atoms with Crippen molar-refractivity contribution in [2.75, 3.05) is 7.11 Å². The Kier molecular flexibility index (Phi) is 2.88. The first-order valence-electron chi connectivity index (χ1n) is 4.98. The third-order valence-corrected chi connectivity index (χ3v) is 2.43. The summed E-state index contributed by atoms with van der Waals surface area (Å²) < 4.78 is 5.10. The van der Waals surface area contributed by atoms with Crippen LogP contribution < -0.4 is 4.74 Å². The number of nitriles is 1. The highest BCUT2D eigenvalue weighted by atomic mass is 16.5. The zero-order valence-corrected chi connectivity index (χ0v) is 8.97. The van der Waals surface area contributed by atoms with Gasteiger partial charge in [0.15, 0.2) is 0 Å². The molecule has 2 rings (SSSR count). The quantitative estimate of drug-likeness (QED) is 0.760. The number of nitrogens with zero attached hydrogens (tertiary/aromatic N) is 1. The molecule has 0 aliphatic rings. The van der Waals surface area contributed by atoms with Crippen LogP contribution >= 0.6 is 0 Å². The van der Waals surface area contributed by atoms with Gasteiger partial charge in [-0.1, -0.05) is 36.4 Å². The number of rotatable bonds is 2. The van der Waals surface area contributed by atoms with Crippen molar-refractivity contribution in [2.45, 2.75) is 0 Å². The van der Waals surface area contributed by atoms with E-state index in [0.29, 0.717) is 11.3 Å². The molecule has 0 aliphatic carbocycles. The first kappa shape index (κ1) is 10.3. The summed E-state index contributed by atoms with van der Waals surface area (Å²) in [5.74, 6) is 0.613. The van der Waals surface area contributed by atoms with Crippen molar-refractivity contribution in [1.29, 1.82) is 5.26 Å². The van der Waals surface area contributed by atoms with E-state index >= 15 is 0 Å². The van der Waals surface area contributed by atoms with Crippen LogP contribution in [0.25, 0.3) is 11.1 Å². The van der Waals surface area contributed by atoms with Crippen molar-refractivity contribution in [3.63, 3.8) is 0 Å². The SMILES string of the molecule is COc1ccc(-c2ccccc2)cc1C#N. The third-order valence-electron chi connectivity index (χ3n) is 2.43. The number of hydrogen-bond acceptors (Lipinski definition) is 2. The number of benzene rings is 2. The van der Waals surface area contributed by atoms with Crippen LogP contribution in [0, 0.1) is 11.3 Å².